The molecule has 0 radical (unpaired) electrons. The molecule has 0 aliphatic heterocycles. The topological polar surface area (TPSA) is 56.7 Å². The van der Waals surface area contributed by atoms with Crippen molar-refractivity contribution in [3.05, 3.63) is 29.6 Å². The molecule has 6 heteroatoms. The molecule has 0 amide bonds. The van der Waals surface area contributed by atoms with E-state index in [-0.39, 0.29) is 29.7 Å². The lowest BCUT2D eigenvalue weighted by molar-refractivity contribution is 0.431. The molecule has 0 aromatic heterocycles. The predicted octanol–water partition coefficient (Wildman–Crippen LogP) is 1.44. The molecule has 0 saturated heterocycles. The number of rotatable bonds is 2. The van der Waals surface area contributed by atoms with Crippen LogP contribution >= 0.6 is 24.0 Å². The summed E-state index contributed by atoms with van der Waals surface area (Å²) in [7, 11) is 3.39. The van der Waals surface area contributed by atoms with Gasteiger partial charge < -0.3 is 15.7 Å². The van der Waals surface area contributed by atoms with Gasteiger partial charge in [-0.15, -0.1) is 24.0 Å². The quantitative estimate of drug-likeness (QED) is 0.434. The molecule has 3 N–H and O–H groups in total. The van der Waals surface area contributed by atoms with Crippen LogP contribution in [0.4, 0.5) is 4.39 Å². The number of hydrogen-bond donors (Lipinski definition) is 3. The first-order valence-electron chi connectivity index (χ1n) is 4.53. The summed E-state index contributed by atoms with van der Waals surface area (Å²) in [6.07, 6.45) is 0. The Morgan fingerprint density at radius 3 is 2.69 bits per heavy atom. The largest absolute Gasteiger partial charge is 0.505 e. The van der Waals surface area contributed by atoms with E-state index in [9.17, 15) is 4.39 Å². The van der Waals surface area contributed by atoms with Gasteiger partial charge in [-0.2, -0.15) is 0 Å². The highest BCUT2D eigenvalue weighted by molar-refractivity contribution is 14.0. The molecule has 0 saturated carbocycles. The average Bonchev–Trinajstić information content (AvgIpc) is 2.24. The molecule has 1 aromatic carbocycles. The second kappa shape index (κ2) is 7.26. The Morgan fingerprint density at radius 1 is 1.50 bits per heavy atom. The predicted molar refractivity (Wildman–Crippen MR) is 72.7 cm³/mol. The van der Waals surface area contributed by atoms with Crippen molar-refractivity contribution in [1.82, 2.24) is 10.6 Å². The van der Waals surface area contributed by atoms with Crippen LogP contribution in [0.2, 0.25) is 0 Å². The van der Waals surface area contributed by atoms with Gasteiger partial charge >= 0.3 is 0 Å². The minimum atomic E-state index is -0.617. The van der Waals surface area contributed by atoms with Gasteiger partial charge in [0.15, 0.2) is 17.5 Å². The minimum absolute atomic E-state index is 0. The van der Waals surface area contributed by atoms with Gasteiger partial charge in [0, 0.05) is 20.6 Å². The summed E-state index contributed by atoms with van der Waals surface area (Å²) in [6, 6.07) is 4.26. The molecule has 16 heavy (non-hydrogen) atoms. The van der Waals surface area contributed by atoms with Crippen LogP contribution in [0.1, 0.15) is 5.56 Å². The van der Waals surface area contributed by atoms with Crippen LogP contribution in [0.15, 0.2) is 23.2 Å². The lowest BCUT2D eigenvalue weighted by Gasteiger charge is -2.08. The van der Waals surface area contributed by atoms with E-state index < -0.39 is 5.82 Å². The van der Waals surface area contributed by atoms with Gasteiger partial charge in [-0.25, -0.2) is 4.39 Å². The van der Waals surface area contributed by atoms with Crippen molar-refractivity contribution in [3.8, 4) is 5.75 Å². The highest BCUT2D eigenvalue weighted by Gasteiger charge is 2.01. The summed E-state index contributed by atoms with van der Waals surface area (Å²) in [5.41, 5.74) is 0.738. The van der Waals surface area contributed by atoms with Crippen molar-refractivity contribution < 1.29 is 9.50 Å². The second-order valence-corrected chi connectivity index (χ2v) is 2.96. The second-order valence-electron chi connectivity index (χ2n) is 2.96. The number of nitrogens with one attached hydrogen (secondary N) is 2. The van der Waals surface area contributed by atoms with Gasteiger partial charge in [-0.1, -0.05) is 6.07 Å². The fourth-order valence-corrected chi connectivity index (χ4v) is 1.13. The zero-order chi connectivity index (χ0) is 11.3. The van der Waals surface area contributed by atoms with Crippen molar-refractivity contribution in [2.45, 2.75) is 6.54 Å². The maximum absolute atomic E-state index is 12.9. The summed E-state index contributed by atoms with van der Waals surface area (Å²) >= 11 is 0. The lowest BCUT2D eigenvalue weighted by atomic mass is 10.2. The number of phenolic OH excluding ortho intramolecular Hbond substituents is 1. The number of benzene rings is 1. The first-order chi connectivity index (χ1) is 7.17. The zero-order valence-electron chi connectivity index (χ0n) is 9.12. The molecule has 0 fully saturated rings. The number of halogens is 2. The SMILES string of the molecule is CN=C(NC)NCc1ccc(O)c(F)c1.I. The number of aliphatic imine (C=N–C) groups is 1. The number of aromatic hydroxyl groups is 1. The standard InChI is InChI=1S/C10H14FN3O.HI/c1-12-10(13-2)14-6-7-3-4-9(15)8(11)5-7;/h3-5,15H,6H2,1-2H3,(H2,12,13,14);1H. The number of hydrogen-bond acceptors (Lipinski definition) is 2. The van der Waals surface area contributed by atoms with Gasteiger partial charge in [-0.05, 0) is 17.7 Å². The van der Waals surface area contributed by atoms with E-state index in [1.807, 2.05) is 0 Å². The van der Waals surface area contributed by atoms with Crippen LogP contribution in [0.5, 0.6) is 5.75 Å². The Balaban J connectivity index is 0.00000225. The van der Waals surface area contributed by atoms with Gasteiger partial charge in [0.2, 0.25) is 0 Å². The maximum Gasteiger partial charge on any atom is 0.190 e. The van der Waals surface area contributed by atoms with Crippen molar-refractivity contribution in [3.63, 3.8) is 0 Å². The molecule has 1 aromatic rings. The Labute approximate surface area is 111 Å². The maximum atomic E-state index is 12.9. The van der Waals surface area contributed by atoms with Crippen LogP contribution in [0, 0.1) is 5.82 Å². The molecule has 0 aliphatic carbocycles. The number of guanidine groups is 1. The molecule has 4 nitrogen and oxygen atoms in total. The van der Waals surface area contributed by atoms with Gasteiger partial charge in [0.1, 0.15) is 0 Å². The Bertz CT molecular complexity index is 371. The first-order valence-corrected chi connectivity index (χ1v) is 4.53. The van der Waals surface area contributed by atoms with Crippen molar-refractivity contribution in [1.29, 1.82) is 0 Å². The summed E-state index contributed by atoms with van der Waals surface area (Å²) in [5.74, 6) is -0.325. The van der Waals surface area contributed by atoms with E-state index in [1.54, 1.807) is 20.2 Å². The third-order valence-corrected chi connectivity index (χ3v) is 1.93. The van der Waals surface area contributed by atoms with E-state index in [1.165, 1.54) is 12.1 Å². The fraction of sp³-hybridized carbons (Fsp3) is 0.300. The number of phenols is 1. The average molecular weight is 339 g/mol. The van der Waals surface area contributed by atoms with Crippen molar-refractivity contribution in [2.24, 2.45) is 4.99 Å². The first kappa shape index (κ1) is 14.9. The molecule has 90 valence electrons. The highest BCUT2D eigenvalue weighted by Crippen LogP contribution is 2.15. The number of nitrogens with zero attached hydrogens (tertiary/aromatic N) is 1. The zero-order valence-corrected chi connectivity index (χ0v) is 11.5. The molecule has 0 unspecified atom stereocenters. The Morgan fingerprint density at radius 2 is 2.19 bits per heavy atom. The van der Waals surface area contributed by atoms with Crippen molar-refractivity contribution >= 4 is 29.9 Å². The molecule has 0 heterocycles. The summed E-state index contributed by atoms with van der Waals surface area (Å²) in [4.78, 5) is 3.91. The van der Waals surface area contributed by atoms with E-state index in [0.29, 0.717) is 12.5 Å². The lowest BCUT2D eigenvalue weighted by Crippen LogP contribution is -2.34. The Hall–Kier alpha value is -1.05. The third kappa shape index (κ3) is 4.21. The monoisotopic (exact) mass is 339 g/mol. The molecule has 0 aliphatic rings. The summed E-state index contributed by atoms with van der Waals surface area (Å²) in [6.45, 7) is 0.449. The van der Waals surface area contributed by atoms with E-state index in [0.717, 1.165) is 5.56 Å². The van der Waals surface area contributed by atoms with Crippen LogP contribution in [0.25, 0.3) is 0 Å². The molecule has 0 spiro atoms. The van der Waals surface area contributed by atoms with E-state index in [2.05, 4.69) is 15.6 Å². The smallest absolute Gasteiger partial charge is 0.190 e. The van der Waals surface area contributed by atoms with Gasteiger partial charge in [0.05, 0.1) is 0 Å². The highest BCUT2D eigenvalue weighted by atomic mass is 127. The molecular formula is C10H15FIN3O. The molecular weight excluding hydrogens is 324 g/mol. The van der Waals surface area contributed by atoms with Crippen LogP contribution in [0.3, 0.4) is 0 Å². The van der Waals surface area contributed by atoms with Gasteiger partial charge in [0.25, 0.3) is 0 Å². The van der Waals surface area contributed by atoms with Crippen LogP contribution in [-0.2, 0) is 6.54 Å². The van der Waals surface area contributed by atoms with E-state index >= 15 is 0 Å². The molecule has 0 bridgehead atoms. The molecule has 0 atom stereocenters. The van der Waals surface area contributed by atoms with Crippen LogP contribution < -0.4 is 10.6 Å². The third-order valence-electron chi connectivity index (χ3n) is 1.93. The van der Waals surface area contributed by atoms with Gasteiger partial charge in [-0.3, -0.25) is 4.99 Å². The fourth-order valence-electron chi connectivity index (χ4n) is 1.13. The summed E-state index contributed by atoms with van der Waals surface area (Å²) in [5, 5.41) is 14.8. The molecule has 1 rings (SSSR count). The Kier molecular flexibility index (Phi) is 6.78. The van der Waals surface area contributed by atoms with E-state index in [4.69, 9.17) is 5.11 Å². The summed E-state index contributed by atoms with van der Waals surface area (Å²) < 4.78 is 12.9. The normalized spacial score (nSPS) is 10.6. The van der Waals surface area contributed by atoms with Crippen molar-refractivity contribution in [2.75, 3.05) is 14.1 Å². The minimum Gasteiger partial charge on any atom is -0.505 e. The van der Waals surface area contributed by atoms with Crippen LogP contribution in [-0.4, -0.2) is 25.2 Å².